The highest BCUT2D eigenvalue weighted by Crippen LogP contribution is 2.46. The molecule has 0 bridgehead atoms. The maximum atomic E-state index is 2.40. The van der Waals surface area contributed by atoms with E-state index in [2.05, 4.69) is 277 Å². The molecule has 2 heteroatoms. The summed E-state index contributed by atoms with van der Waals surface area (Å²) in [7, 11) is 0. The number of anilines is 6. The lowest BCUT2D eigenvalue weighted by atomic mass is 9.92. The van der Waals surface area contributed by atoms with Crippen LogP contribution >= 0.6 is 0 Å². The van der Waals surface area contributed by atoms with Gasteiger partial charge in [0.05, 0.1) is 0 Å². The predicted molar refractivity (Wildman–Crippen MR) is 273 cm³/mol. The van der Waals surface area contributed by atoms with Gasteiger partial charge in [-0.1, -0.05) is 194 Å². The minimum atomic E-state index is 1.05. The van der Waals surface area contributed by atoms with Crippen LogP contribution in [-0.4, -0.2) is 0 Å². The van der Waals surface area contributed by atoms with Crippen molar-refractivity contribution in [2.45, 2.75) is 0 Å². The van der Waals surface area contributed by atoms with Gasteiger partial charge in [-0.3, -0.25) is 0 Å². The third-order valence-corrected chi connectivity index (χ3v) is 12.2. The molecule has 0 aliphatic heterocycles. The standard InChI is InChI=1S/C62H44N2/c1-5-17-45(18-6-1)48-29-35-54(36-30-48)63(53-24-11-4-12-25-53)57-41-52(62-43-51-23-13-14-26-59(51)60-27-15-16-28-61(60)62)42-58(44-57)64(55-37-31-49(32-38-55)46-19-7-2-8-20-46)56-39-33-50(34-40-56)47-21-9-3-10-22-47/h1-44H. The van der Waals surface area contributed by atoms with Crippen molar-refractivity contribution in [3.8, 4) is 44.5 Å². The van der Waals surface area contributed by atoms with Gasteiger partial charge in [0.2, 0.25) is 0 Å². The molecule has 11 rings (SSSR count). The normalized spacial score (nSPS) is 11.1. The summed E-state index contributed by atoms with van der Waals surface area (Å²) in [4.78, 5) is 4.79. The summed E-state index contributed by atoms with van der Waals surface area (Å²) >= 11 is 0. The molecular formula is C62H44N2. The fourth-order valence-electron chi connectivity index (χ4n) is 9.07. The molecule has 0 heterocycles. The van der Waals surface area contributed by atoms with Gasteiger partial charge < -0.3 is 9.80 Å². The Balaban J connectivity index is 1.15. The Morgan fingerprint density at radius 1 is 0.188 bits per heavy atom. The van der Waals surface area contributed by atoms with E-state index in [1.165, 1.54) is 60.5 Å². The lowest BCUT2D eigenvalue weighted by Crippen LogP contribution is -2.13. The first kappa shape index (κ1) is 38.5. The number of hydrogen-bond donors (Lipinski definition) is 0. The molecule has 0 spiro atoms. The summed E-state index contributed by atoms with van der Waals surface area (Å²) in [5, 5.41) is 4.92. The van der Waals surface area contributed by atoms with Gasteiger partial charge in [0.15, 0.2) is 0 Å². The number of hydrogen-bond acceptors (Lipinski definition) is 2. The van der Waals surface area contributed by atoms with Gasteiger partial charge in [-0.25, -0.2) is 0 Å². The van der Waals surface area contributed by atoms with E-state index >= 15 is 0 Å². The molecule has 0 amide bonds. The van der Waals surface area contributed by atoms with Crippen LogP contribution in [0.1, 0.15) is 0 Å². The fourth-order valence-corrected chi connectivity index (χ4v) is 9.07. The highest BCUT2D eigenvalue weighted by molar-refractivity contribution is 6.14. The largest absolute Gasteiger partial charge is 0.310 e. The Kier molecular flexibility index (Phi) is 10.3. The quantitative estimate of drug-likeness (QED) is 0.127. The van der Waals surface area contributed by atoms with Gasteiger partial charge in [-0.15, -0.1) is 0 Å². The van der Waals surface area contributed by atoms with Gasteiger partial charge in [-0.05, 0) is 139 Å². The van der Waals surface area contributed by atoms with Crippen LogP contribution in [0.2, 0.25) is 0 Å². The Morgan fingerprint density at radius 2 is 0.516 bits per heavy atom. The van der Waals surface area contributed by atoms with Crippen molar-refractivity contribution in [1.82, 2.24) is 0 Å². The second kappa shape index (κ2) is 17.1. The summed E-state index contributed by atoms with van der Waals surface area (Å²) in [6.45, 7) is 0. The molecule has 302 valence electrons. The van der Waals surface area contributed by atoms with Crippen LogP contribution in [-0.2, 0) is 0 Å². The third-order valence-electron chi connectivity index (χ3n) is 12.2. The molecule has 0 atom stereocenters. The topological polar surface area (TPSA) is 6.48 Å². The number of rotatable bonds is 10. The summed E-state index contributed by atoms with van der Waals surface area (Å²) in [5.74, 6) is 0. The van der Waals surface area contributed by atoms with Crippen LogP contribution in [0.3, 0.4) is 0 Å². The van der Waals surface area contributed by atoms with E-state index in [0.717, 1.165) is 39.7 Å². The monoisotopic (exact) mass is 816 g/mol. The molecule has 64 heavy (non-hydrogen) atoms. The first-order chi connectivity index (χ1) is 31.7. The maximum Gasteiger partial charge on any atom is 0.0488 e. The Bertz CT molecular complexity index is 3250. The maximum absolute atomic E-state index is 2.40. The number of fused-ring (bicyclic) bond motifs is 3. The van der Waals surface area contributed by atoms with Crippen LogP contribution < -0.4 is 9.80 Å². The lowest BCUT2D eigenvalue weighted by molar-refractivity contribution is 1.25. The molecule has 11 aromatic carbocycles. The van der Waals surface area contributed by atoms with Crippen LogP contribution in [0.4, 0.5) is 34.1 Å². The summed E-state index contributed by atoms with van der Waals surface area (Å²) in [6, 6.07) is 96.5. The molecule has 0 N–H and O–H groups in total. The first-order valence-electron chi connectivity index (χ1n) is 21.9. The van der Waals surface area contributed by atoms with E-state index in [9.17, 15) is 0 Å². The Labute approximate surface area is 375 Å². The molecule has 0 saturated heterocycles. The van der Waals surface area contributed by atoms with Gasteiger partial charge in [0.25, 0.3) is 0 Å². The summed E-state index contributed by atoms with van der Waals surface area (Å²) < 4.78 is 0. The molecule has 0 aliphatic carbocycles. The minimum Gasteiger partial charge on any atom is -0.310 e. The minimum absolute atomic E-state index is 1.05. The van der Waals surface area contributed by atoms with Crippen molar-refractivity contribution >= 4 is 55.7 Å². The van der Waals surface area contributed by atoms with E-state index < -0.39 is 0 Å². The molecule has 0 aromatic heterocycles. The molecular weight excluding hydrogens is 773 g/mol. The highest BCUT2D eigenvalue weighted by atomic mass is 15.2. The second-order valence-electron chi connectivity index (χ2n) is 16.2. The van der Waals surface area contributed by atoms with Crippen molar-refractivity contribution in [3.05, 3.63) is 267 Å². The molecule has 2 nitrogen and oxygen atoms in total. The van der Waals surface area contributed by atoms with E-state index in [4.69, 9.17) is 0 Å². The van der Waals surface area contributed by atoms with Crippen LogP contribution in [0, 0.1) is 0 Å². The van der Waals surface area contributed by atoms with Crippen molar-refractivity contribution in [2.24, 2.45) is 0 Å². The SMILES string of the molecule is c1ccc(-c2ccc(N(c3ccccc3)c3cc(-c4cc5ccccc5c5ccccc45)cc(N(c4ccc(-c5ccccc5)cc4)c4ccc(-c5ccccc5)cc4)c3)cc2)cc1. The lowest BCUT2D eigenvalue weighted by Gasteiger charge is -2.31. The van der Waals surface area contributed by atoms with E-state index in [-0.39, 0.29) is 0 Å². The van der Waals surface area contributed by atoms with Crippen molar-refractivity contribution in [3.63, 3.8) is 0 Å². The fraction of sp³-hybridized carbons (Fsp3) is 0. The van der Waals surface area contributed by atoms with Crippen molar-refractivity contribution in [1.29, 1.82) is 0 Å². The Morgan fingerprint density at radius 3 is 0.953 bits per heavy atom. The average molecular weight is 817 g/mol. The predicted octanol–water partition coefficient (Wildman–Crippen LogP) is 17.6. The molecule has 0 aliphatic rings. The van der Waals surface area contributed by atoms with Gasteiger partial charge in [0, 0.05) is 34.1 Å². The smallest absolute Gasteiger partial charge is 0.0488 e. The van der Waals surface area contributed by atoms with Gasteiger partial charge in [0.1, 0.15) is 0 Å². The number of benzene rings is 11. The van der Waals surface area contributed by atoms with Crippen LogP contribution in [0.25, 0.3) is 66.1 Å². The van der Waals surface area contributed by atoms with Crippen molar-refractivity contribution in [2.75, 3.05) is 9.80 Å². The zero-order valence-corrected chi connectivity index (χ0v) is 35.3. The number of nitrogens with zero attached hydrogens (tertiary/aromatic N) is 2. The average Bonchev–Trinajstić information content (AvgIpc) is 3.38. The first-order valence-corrected chi connectivity index (χ1v) is 21.9. The van der Waals surface area contributed by atoms with Gasteiger partial charge >= 0.3 is 0 Å². The second-order valence-corrected chi connectivity index (χ2v) is 16.2. The molecule has 0 radical (unpaired) electrons. The third kappa shape index (κ3) is 7.59. The van der Waals surface area contributed by atoms with E-state index in [1.807, 2.05) is 0 Å². The molecule has 0 saturated carbocycles. The summed E-state index contributed by atoms with van der Waals surface area (Å²) in [6.07, 6.45) is 0. The van der Waals surface area contributed by atoms with Crippen LogP contribution in [0.5, 0.6) is 0 Å². The summed E-state index contributed by atoms with van der Waals surface area (Å²) in [5.41, 5.74) is 15.8. The Hall–Kier alpha value is -8.46. The van der Waals surface area contributed by atoms with Crippen molar-refractivity contribution < 1.29 is 0 Å². The zero-order valence-electron chi connectivity index (χ0n) is 35.3. The molecule has 11 aromatic rings. The van der Waals surface area contributed by atoms with E-state index in [0.29, 0.717) is 0 Å². The highest BCUT2D eigenvalue weighted by Gasteiger charge is 2.21. The molecule has 0 fully saturated rings. The number of para-hydroxylation sites is 1. The zero-order chi connectivity index (χ0) is 42.7. The van der Waals surface area contributed by atoms with Crippen LogP contribution in [0.15, 0.2) is 267 Å². The molecule has 0 unspecified atom stereocenters. The van der Waals surface area contributed by atoms with E-state index in [1.54, 1.807) is 0 Å². The van der Waals surface area contributed by atoms with Gasteiger partial charge in [-0.2, -0.15) is 0 Å².